The molecule has 1 aromatic carbocycles. The van der Waals surface area contributed by atoms with Crippen molar-refractivity contribution in [2.24, 2.45) is 5.92 Å². The average molecular weight is 406 g/mol. The zero-order valence-corrected chi connectivity index (χ0v) is 17.0. The fraction of sp³-hybridized carbons (Fsp3) is 0.348. The lowest BCUT2D eigenvalue weighted by atomic mass is 9.88. The van der Waals surface area contributed by atoms with Crippen LogP contribution in [0.3, 0.4) is 0 Å². The van der Waals surface area contributed by atoms with Crippen LogP contribution in [0.5, 0.6) is 5.75 Å². The number of ether oxygens (including phenoxy) is 1. The predicted octanol–water partition coefficient (Wildman–Crippen LogP) is 4.02. The second-order valence-electron chi connectivity index (χ2n) is 7.64. The van der Waals surface area contributed by atoms with Crippen LogP contribution in [0.1, 0.15) is 48.0 Å². The van der Waals surface area contributed by atoms with E-state index in [0.717, 1.165) is 37.0 Å². The summed E-state index contributed by atoms with van der Waals surface area (Å²) in [6.07, 6.45) is 8.53. The van der Waals surface area contributed by atoms with Gasteiger partial charge in [-0.2, -0.15) is 0 Å². The van der Waals surface area contributed by atoms with Crippen LogP contribution in [0.2, 0.25) is 0 Å². The number of hydrogen-bond donors (Lipinski definition) is 3. The molecular formula is C23H26N4O3. The number of aromatic amines is 1. The van der Waals surface area contributed by atoms with Crippen molar-refractivity contribution < 1.29 is 14.3 Å². The largest absolute Gasteiger partial charge is 0.496 e. The van der Waals surface area contributed by atoms with Gasteiger partial charge in [-0.25, -0.2) is 4.98 Å². The van der Waals surface area contributed by atoms with Crippen LogP contribution >= 0.6 is 0 Å². The van der Waals surface area contributed by atoms with Crippen LogP contribution in [0.15, 0.2) is 42.7 Å². The zero-order valence-electron chi connectivity index (χ0n) is 17.0. The van der Waals surface area contributed by atoms with Gasteiger partial charge in [-0.15, -0.1) is 0 Å². The maximum atomic E-state index is 12.8. The van der Waals surface area contributed by atoms with Crippen molar-refractivity contribution in [1.29, 1.82) is 0 Å². The van der Waals surface area contributed by atoms with Crippen molar-refractivity contribution >= 4 is 28.5 Å². The molecule has 0 bridgehead atoms. The number of nitrogens with zero attached hydrogens (tertiary/aromatic N) is 1. The van der Waals surface area contributed by atoms with Crippen LogP contribution < -0.4 is 15.4 Å². The number of pyridine rings is 1. The van der Waals surface area contributed by atoms with Crippen LogP contribution in [0, 0.1) is 5.92 Å². The molecule has 7 nitrogen and oxygen atoms in total. The molecule has 2 heterocycles. The minimum atomic E-state index is -0.218. The van der Waals surface area contributed by atoms with Crippen LogP contribution in [0.25, 0.3) is 11.0 Å². The Morgan fingerprint density at radius 1 is 1.20 bits per heavy atom. The van der Waals surface area contributed by atoms with Gasteiger partial charge < -0.3 is 20.4 Å². The number of anilines is 1. The summed E-state index contributed by atoms with van der Waals surface area (Å²) in [6, 6.07) is 9.37. The van der Waals surface area contributed by atoms with E-state index in [4.69, 9.17) is 4.74 Å². The molecule has 0 spiro atoms. The molecule has 3 N–H and O–H groups in total. The number of rotatable bonds is 6. The number of nitrogens with one attached hydrogen (secondary N) is 3. The number of carbonyl (C=O) groups excluding carboxylic acids is 2. The molecular weight excluding hydrogens is 380 g/mol. The lowest BCUT2D eigenvalue weighted by Gasteiger charge is -2.20. The number of para-hydroxylation sites is 1. The van der Waals surface area contributed by atoms with E-state index in [1.807, 2.05) is 24.3 Å². The zero-order chi connectivity index (χ0) is 20.9. The molecule has 4 rings (SSSR count). The molecule has 1 fully saturated rings. The molecule has 30 heavy (non-hydrogen) atoms. The van der Waals surface area contributed by atoms with Crippen molar-refractivity contribution in [3.63, 3.8) is 0 Å². The summed E-state index contributed by atoms with van der Waals surface area (Å²) in [5, 5.41) is 6.57. The number of carbonyl (C=O) groups is 2. The van der Waals surface area contributed by atoms with Gasteiger partial charge in [0.15, 0.2) is 0 Å². The third-order valence-electron chi connectivity index (χ3n) is 5.65. The molecule has 1 saturated carbocycles. The Labute approximate surface area is 175 Å². The van der Waals surface area contributed by atoms with Crippen molar-refractivity contribution in [2.75, 3.05) is 12.4 Å². The van der Waals surface area contributed by atoms with Gasteiger partial charge in [0.05, 0.1) is 24.6 Å². The van der Waals surface area contributed by atoms with E-state index in [0.29, 0.717) is 28.8 Å². The number of aromatic nitrogens is 2. The highest BCUT2D eigenvalue weighted by molar-refractivity contribution is 6.07. The molecule has 0 radical (unpaired) electrons. The average Bonchev–Trinajstić information content (AvgIpc) is 3.21. The normalized spacial score (nSPS) is 14.4. The summed E-state index contributed by atoms with van der Waals surface area (Å²) >= 11 is 0. The van der Waals surface area contributed by atoms with Crippen LogP contribution in [-0.4, -0.2) is 28.9 Å². The topological polar surface area (TPSA) is 96.1 Å². The van der Waals surface area contributed by atoms with Crippen molar-refractivity contribution in [2.45, 2.75) is 38.6 Å². The summed E-state index contributed by atoms with van der Waals surface area (Å²) in [6.45, 7) is 0.348. The van der Waals surface area contributed by atoms with Gasteiger partial charge in [-0.3, -0.25) is 9.59 Å². The molecule has 2 amide bonds. The molecule has 0 unspecified atom stereocenters. The quantitative estimate of drug-likeness (QED) is 0.576. The molecule has 0 saturated heterocycles. The molecule has 3 aromatic rings. The van der Waals surface area contributed by atoms with Gasteiger partial charge in [0.2, 0.25) is 5.91 Å². The Balaban J connectivity index is 1.48. The molecule has 1 aliphatic rings. The lowest BCUT2D eigenvalue weighted by Crippen LogP contribution is -2.25. The molecule has 0 aliphatic heterocycles. The molecule has 1 aliphatic carbocycles. The van der Waals surface area contributed by atoms with Gasteiger partial charge in [0.25, 0.3) is 5.91 Å². The summed E-state index contributed by atoms with van der Waals surface area (Å²) in [7, 11) is 1.61. The Bertz CT molecular complexity index is 1050. The van der Waals surface area contributed by atoms with Crippen LogP contribution in [-0.2, 0) is 11.3 Å². The third kappa shape index (κ3) is 4.30. The highest BCUT2D eigenvalue weighted by Gasteiger charge is 2.21. The summed E-state index contributed by atoms with van der Waals surface area (Å²) in [4.78, 5) is 32.7. The van der Waals surface area contributed by atoms with Crippen molar-refractivity contribution in [3.8, 4) is 5.75 Å². The van der Waals surface area contributed by atoms with Crippen molar-refractivity contribution in [1.82, 2.24) is 15.3 Å². The number of H-pyrrole nitrogens is 1. The van der Waals surface area contributed by atoms with E-state index in [1.54, 1.807) is 25.6 Å². The minimum Gasteiger partial charge on any atom is -0.496 e. The number of benzene rings is 1. The van der Waals surface area contributed by atoms with E-state index in [2.05, 4.69) is 20.6 Å². The van der Waals surface area contributed by atoms with Gasteiger partial charge in [0.1, 0.15) is 11.4 Å². The fourth-order valence-electron chi connectivity index (χ4n) is 3.99. The smallest absolute Gasteiger partial charge is 0.253 e. The van der Waals surface area contributed by atoms with Gasteiger partial charge >= 0.3 is 0 Å². The SMILES string of the molecule is COc1ccccc1CNC(=O)c1c[nH]c2ncc(NC(=O)C3CCCCC3)cc12. The highest BCUT2D eigenvalue weighted by Crippen LogP contribution is 2.26. The second kappa shape index (κ2) is 8.98. The van der Waals surface area contributed by atoms with E-state index < -0.39 is 0 Å². The fourth-order valence-corrected chi connectivity index (χ4v) is 3.99. The molecule has 2 aromatic heterocycles. The Morgan fingerprint density at radius 2 is 2.00 bits per heavy atom. The number of methoxy groups -OCH3 is 1. The lowest BCUT2D eigenvalue weighted by molar-refractivity contribution is -0.120. The van der Waals surface area contributed by atoms with Gasteiger partial charge in [0, 0.05) is 29.6 Å². The Kier molecular flexibility index (Phi) is 5.97. The minimum absolute atomic E-state index is 0.0357. The van der Waals surface area contributed by atoms with Gasteiger partial charge in [-0.1, -0.05) is 37.5 Å². The number of hydrogen-bond acceptors (Lipinski definition) is 4. The standard InChI is InChI=1S/C23H26N4O3/c1-30-20-10-6-5-9-16(20)12-26-23(29)19-14-25-21-18(19)11-17(13-24-21)27-22(28)15-7-3-2-4-8-15/h5-6,9-11,13-15H,2-4,7-8,12H2,1H3,(H,24,25)(H,26,29)(H,27,28). The maximum absolute atomic E-state index is 12.8. The highest BCUT2D eigenvalue weighted by atomic mass is 16.5. The first-order chi connectivity index (χ1) is 14.7. The number of amides is 2. The van der Waals surface area contributed by atoms with Crippen LogP contribution in [0.4, 0.5) is 5.69 Å². The molecule has 156 valence electrons. The first kappa shape index (κ1) is 19.9. The monoisotopic (exact) mass is 406 g/mol. The van der Waals surface area contributed by atoms with E-state index >= 15 is 0 Å². The molecule has 7 heteroatoms. The van der Waals surface area contributed by atoms with Crippen molar-refractivity contribution in [3.05, 3.63) is 53.9 Å². The summed E-state index contributed by atoms with van der Waals surface area (Å²) in [5.74, 6) is 0.605. The van der Waals surface area contributed by atoms with E-state index in [1.165, 1.54) is 6.42 Å². The summed E-state index contributed by atoms with van der Waals surface area (Å²) < 4.78 is 5.33. The third-order valence-corrected chi connectivity index (χ3v) is 5.65. The molecule has 0 atom stereocenters. The Hall–Kier alpha value is -3.35. The van der Waals surface area contributed by atoms with E-state index in [-0.39, 0.29) is 17.7 Å². The number of fused-ring (bicyclic) bond motifs is 1. The first-order valence-electron chi connectivity index (χ1n) is 10.3. The second-order valence-corrected chi connectivity index (χ2v) is 7.64. The first-order valence-corrected chi connectivity index (χ1v) is 10.3. The predicted molar refractivity (Wildman–Crippen MR) is 115 cm³/mol. The van der Waals surface area contributed by atoms with Gasteiger partial charge in [-0.05, 0) is 25.0 Å². The Morgan fingerprint density at radius 3 is 2.80 bits per heavy atom. The van der Waals surface area contributed by atoms with E-state index in [9.17, 15) is 9.59 Å². The summed E-state index contributed by atoms with van der Waals surface area (Å²) in [5.41, 5.74) is 2.59. The maximum Gasteiger partial charge on any atom is 0.253 e.